The third-order valence-corrected chi connectivity index (χ3v) is 3.52. The molecule has 0 atom stereocenters. The summed E-state index contributed by atoms with van der Waals surface area (Å²) in [6, 6.07) is 0.417. The van der Waals surface area contributed by atoms with Gasteiger partial charge in [-0.25, -0.2) is 0 Å². The molecule has 0 spiro atoms. The van der Waals surface area contributed by atoms with Crippen LogP contribution >= 0.6 is 15.9 Å². The first kappa shape index (κ1) is 12.0. The lowest BCUT2D eigenvalue weighted by Crippen LogP contribution is -2.19. The van der Waals surface area contributed by atoms with Crippen molar-refractivity contribution >= 4 is 15.9 Å². The Morgan fingerprint density at radius 3 is 2.62 bits per heavy atom. The predicted molar refractivity (Wildman–Crippen MR) is 65.8 cm³/mol. The molecule has 0 N–H and O–H groups in total. The van der Waals surface area contributed by atoms with Crippen molar-refractivity contribution < 1.29 is 4.74 Å². The Balaban J connectivity index is 2.28. The van der Waals surface area contributed by atoms with Gasteiger partial charge in [0.1, 0.15) is 11.6 Å². The van der Waals surface area contributed by atoms with Gasteiger partial charge in [-0.05, 0) is 26.7 Å². The Morgan fingerprint density at radius 1 is 1.38 bits per heavy atom. The van der Waals surface area contributed by atoms with Crippen molar-refractivity contribution in [3.8, 4) is 0 Å². The Labute approximate surface area is 105 Å². The second-order valence-electron chi connectivity index (χ2n) is 4.46. The summed E-state index contributed by atoms with van der Waals surface area (Å²) >= 11 is 3.47. The third-order valence-electron chi connectivity index (χ3n) is 3.02. The largest absolute Gasteiger partial charge is 0.381 e. The maximum atomic E-state index is 5.39. The summed E-state index contributed by atoms with van der Waals surface area (Å²) in [5.74, 6) is 2.67. The lowest BCUT2D eigenvalue weighted by molar-refractivity contribution is 0.0825. The molecule has 0 aromatic carbocycles. The van der Waals surface area contributed by atoms with Gasteiger partial charge in [-0.2, -0.15) is 0 Å². The Bertz CT molecular complexity index is 345. The van der Waals surface area contributed by atoms with E-state index in [0.29, 0.717) is 12.0 Å². The summed E-state index contributed by atoms with van der Waals surface area (Å²) in [6.07, 6.45) is 2.13. The van der Waals surface area contributed by atoms with Gasteiger partial charge < -0.3 is 9.30 Å². The Morgan fingerprint density at radius 2 is 2.06 bits per heavy atom. The molecule has 0 aliphatic carbocycles. The van der Waals surface area contributed by atoms with E-state index in [-0.39, 0.29) is 0 Å². The Hall–Kier alpha value is -0.420. The van der Waals surface area contributed by atoms with E-state index >= 15 is 0 Å². The van der Waals surface area contributed by atoms with Crippen molar-refractivity contribution in [2.45, 2.75) is 44.0 Å². The number of aromatic nitrogens is 3. The molecule has 0 saturated carbocycles. The van der Waals surface area contributed by atoms with Crippen LogP contribution in [0.1, 0.15) is 50.3 Å². The molecule has 1 aliphatic heterocycles. The standard InChI is InChI=1S/C11H18BrN3O/c1-8(2)15-10(7-12)13-14-11(15)9-3-5-16-6-4-9/h8-9H,3-7H2,1-2H3. The molecule has 0 amide bonds. The summed E-state index contributed by atoms with van der Waals surface area (Å²) in [6.45, 7) is 6.05. The summed E-state index contributed by atoms with van der Waals surface area (Å²) in [5.41, 5.74) is 0. The summed E-state index contributed by atoms with van der Waals surface area (Å²) in [4.78, 5) is 0. The smallest absolute Gasteiger partial charge is 0.143 e. The zero-order valence-corrected chi connectivity index (χ0v) is 11.4. The lowest BCUT2D eigenvalue weighted by atomic mass is 9.99. The Kier molecular flexibility index (Phi) is 3.97. The van der Waals surface area contributed by atoms with Gasteiger partial charge in [0.05, 0.1) is 5.33 Å². The van der Waals surface area contributed by atoms with Crippen LogP contribution in [0.3, 0.4) is 0 Å². The molecule has 1 aliphatic rings. The van der Waals surface area contributed by atoms with Gasteiger partial charge in [0, 0.05) is 25.2 Å². The molecule has 16 heavy (non-hydrogen) atoms. The van der Waals surface area contributed by atoms with Crippen LogP contribution in [0.4, 0.5) is 0 Å². The molecule has 4 nitrogen and oxygen atoms in total. The second kappa shape index (κ2) is 5.27. The second-order valence-corrected chi connectivity index (χ2v) is 5.02. The fraction of sp³-hybridized carbons (Fsp3) is 0.818. The van der Waals surface area contributed by atoms with Gasteiger partial charge >= 0.3 is 0 Å². The van der Waals surface area contributed by atoms with E-state index < -0.39 is 0 Å². The van der Waals surface area contributed by atoms with Crippen molar-refractivity contribution in [3.05, 3.63) is 11.6 Å². The SMILES string of the molecule is CC(C)n1c(CBr)nnc1C1CCOCC1. The monoisotopic (exact) mass is 287 g/mol. The minimum Gasteiger partial charge on any atom is -0.381 e. The molecule has 2 heterocycles. The van der Waals surface area contributed by atoms with Crippen LogP contribution in [-0.2, 0) is 10.1 Å². The number of ether oxygens (including phenoxy) is 1. The van der Waals surface area contributed by atoms with Crippen molar-refractivity contribution in [1.29, 1.82) is 0 Å². The van der Waals surface area contributed by atoms with E-state index in [1.165, 1.54) is 0 Å². The highest BCUT2D eigenvalue weighted by Crippen LogP contribution is 2.28. The zero-order valence-electron chi connectivity index (χ0n) is 9.82. The summed E-state index contributed by atoms with van der Waals surface area (Å²) in [5, 5.41) is 9.38. The molecular weight excluding hydrogens is 270 g/mol. The first-order valence-electron chi connectivity index (χ1n) is 5.81. The van der Waals surface area contributed by atoms with Crippen LogP contribution in [-0.4, -0.2) is 28.0 Å². The van der Waals surface area contributed by atoms with E-state index in [2.05, 4.69) is 44.5 Å². The van der Waals surface area contributed by atoms with E-state index in [0.717, 1.165) is 43.0 Å². The van der Waals surface area contributed by atoms with Crippen molar-refractivity contribution in [3.63, 3.8) is 0 Å². The van der Waals surface area contributed by atoms with Crippen LogP contribution in [0.2, 0.25) is 0 Å². The number of alkyl halides is 1. The quantitative estimate of drug-likeness (QED) is 0.803. The van der Waals surface area contributed by atoms with Gasteiger partial charge in [0.2, 0.25) is 0 Å². The highest BCUT2D eigenvalue weighted by molar-refractivity contribution is 9.08. The van der Waals surface area contributed by atoms with E-state index in [4.69, 9.17) is 4.74 Å². The van der Waals surface area contributed by atoms with E-state index in [1.807, 2.05) is 0 Å². The topological polar surface area (TPSA) is 39.9 Å². The van der Waals surface area contributed by atoms with E-state index in [9.17, 15) is 0 Å². The third kappa shape index (κ3) is 2.30. The molecule has 0 bridgehead atoms. The molecule has 5 heteroatoms. The average molecular weight is 288 g/mol. The number of nitrogens with zero attached hydrogens (tertiary/aromatic N) is 3. The van der Waals surface area contributed by atoms with Gasteiger partial charge in [-0.15, -0.1) is 10.2 Å². The maximum Gasteiger partial charge on any atom is 0.143 e. The van der Waals surface area contributed by atoms with Crippen LogP contribution in [0, 0.1) is 0 Å². The van der Waals surface area contributed by atoms with Crippen LogP contribution in [0.15, 0.2) is 0 Å². The number of rotatable bonds is 3. The predicted octanol–water partition coefficient (Wildman–Crippen LogP) is 2.65. The molecule has 1 saturated heterocycles. The molecule has 2 rings (SSSR count). The number of hydrogen-bond donors (Lipinski definition) is 0. The molecule has 90 valence electrons. The van der Waals surface area contributed by atoms with Gasteiger partial charge in [0.15, 0.2) is 0 Å². The number of halogens is 1. The van der Waals surface area contributed by atoms with Crippen LogP contribution in [0.5, 0.6) is 0 Å². The molecule has 1 aromatic heterocycles. The first-order chi connectivity index (χ1) is 7.74. The van der Waals surface area contributed by atoms with Crippen LogP contribution in [0.25, 0.3) is 0 Å². The van der Waals surface area contributed by atoms with Gasteiger partial charge in [-0.3, -0.25) is 0 Å². The molecule has 0 unspecified atom stereocenters. The van der Waals surface area contributed by atoms with Crippen molar-refractivity contribution in [2.24, 2.45) is 0 Å². The van der Waals surface area contributed by atoms with Crippen molar-refractivity contribution in [1.82, 2.24) is 14.8 Å². The first-order valence-corrected chi connectivity index (χ1v) is 6.93. The molecular formula is C11H18BrN3O. The maximum absolute atomic E-state index is 5.39. The molecule has 0 radical (unpaired) electrons. The zero-order chi connectivity index (χ0) is 11.5. The fourth-order valence-electron chi connectivity index (χ4n) is 2.23. The normalized spacial score (nSPS) is 18.2. The highest BCUT2D eigenvalue weighted by Gasteiger charge is 2.24. The fourth-order valence-corrected chi connectivity index (χ4v) is 2.61. The average Bonchev–Trinajstić information content (AvgIpc) is 2.73. The summed E-state index contributed by atoms with van der Waals surface area (Å²) < 4.78 is 7.64. The van der Waals surface area contributed by atoms with Crippen molar-refractivity contribution in [2.75, 3.05) is 13.2 Å². The lowest BCUT2D eigenvalue weighted by Gasteiger charge is -2.23. The van der Waals surface area contributed by atoms with E-state index in [1.54, 1.807) is 0 Å². The van der Waals surface area contributed by atoms with Gasteiger partial charge in [-0.1, -0.05) is 15.9 Å². The highest BCUT2D eigenvalue weighted by atomic mass is 79.9. The molecule has 1 aromatic rings. The molecule has 1 fully saturated rings. The summed E-state index contributed by atoms with van der Waals surface area (Å²) in [7, 11) is 0. The minimum atomic E-state index is 0.417. The van der Waals surface area contributed by atoms with Gasteiger partial charge in [0.25, 0.3) is 0 Å². The number of hydrogen-bond acceptors (Lipinski definition) is 3. The van der Waals surface area contributed by atoms with Crippen LogP contribution < -0.4 is 0 Å². The minimum absolute atomic E-state index is 0.417.